The van der Waals surface area contributed by atoms with Crippen molar-refractivity contribution in [1.82, 2.24) is 9.80 Å². The van der Waals surface area contributed by atoms with Gasteiger partial charge in [0.05, 0.1) is 48.5 Å². The Morgan fingerprint density at radius 3 is 2.66 bits per heavy atom. The van der Waals surface area contributed by atoms with E-state index < -0.39 is 47.4 Å². The molecule has 180 valence electrons. The van der Waals surface area contributed by atoms with Gasteiger partial charge in [-0.1, -0.05) is 12.1 Å². The van der Waals surface area contributed by atoms with Crippen LogP contribution >= 0.6 is 0 Å². The Labute approximate surface area is 198 Å². The third-order valence-corrected chi connectivity index (χ3v) is 6.76. The van der Waals surface area contributed by atoms with Gasteiger partial charge in [-0.15, -0.1) is 0 Å². The van der Waals surface area contributed by atoms with Crippen molar-refractivity contribution in [2.75, 3.05) is 18.6 Å². The molecule has 8 nitrogen and oxygen atoms in total. The first-order chi connectivity index (χ1) is 16.6. The van der Waals surface area contributed by atoms with Gasteiger partial charge in [0.2, 0.25) is 5.91 Å². The van der Waals surface area contributed by atoms with Gasteiger partial charge in [0.25, 0.3) is 5.91 Å². The standard InChI is InChI=1S/C24H19F3N4O4/c1-35-17-4-2-3-13(7-17)8-20(32)29-12-16-10-19(29)21-22(33)31(23(34)30(16)21)15-6-5-14(11-28)18(9-15)24(25,26)27/h2-7,9,16,19,21H,8,10,12H2,1H3/t16-,19-,21-/m0/s1. The first-order valence-electron chi connectivity index (χ1n) is 10.8. The van der Waals surface area contributed by atoms with Crippen LogP contribution in [0.25, 0.3) is 0 Å². The molecule has 3 aliphatic rings. The molecule has 0 aliphatic carbocycles. The molecule has 3 heterocycles. The Hall–Kier alpha value is -4.07. The highest BCUT2D eigenvalue weighted by Crippen LogP contribution is 2.43. The van der Waals surface area contributed by atoms with Gasteiger partial charge in [0, 0.05) is 6.54 Å². The molecular formula is C24H19F3N4O4. The average Bonchev–Trinajstić information content (AvgIpc) is 3.49. The van der Waals surface area contributed by atoms with Crippen LogP contribution in [0.3, 0.4) is 0 Å². The second-order valence-electron chi connectivity index (χ2n) is 8.68. The summed E-state index contributed by atoms with van der Waals surface area (Å²) in [5, 5.41) is 9.02. The minimum atomic E-state index is -4.83. The Balaban J connectivity index is 1.40. The van der Waals surface area contributed by atoms with Gasteiger partial charge >= 0.3 is 12.2 Å². The molecule has 3 atom stereocenters. The van der Waals surface area contributed by atoms with Crippen LogP contribution in [0.4, 0.5) is 23.7 Å². The molecule has 0 radical (unpaired) electrons. The number of carbonyl (C=O) groups is 3. The maximum atomic E-state index is 13.4. The normalized spacial score (nSPS) is 23.1. The van der Waals surface area contributed by atoms with E-state index in [1.54, 1.807) is 29.2 Å². The fourth-order valence-electron chi connectivity index (χ4n) is 5.24. The number of hydrogen-bond acceptors (Lipinski definition) is 5. The van der Waals surface area contributed by atoms with Gasteiger partial charge in [0.15, 0.2) is 0 Å². The van der Waals surface area contributed by atoms with Crippen molar-refractivity contribution in [3.63, 3.8) is 0 Å². The number of alkyl halides is 3. The number of imide groups is 1. The van der Waals surface area contributed by atoms with Crippen molar-refractivity contribution >= 4 is 23.5 Å². The number of urea groups is 1. The van der Waals surface area contributed by atoms with Gasteiger partial charge < -0.3 is 14.5 Å². The van der Waals surface area contributed by atoms with Crippen LogP contribution in [0.2, 0.25) is 0 Å². The van der Waals surface area contributed by atoms with Gasteiger partial charge in [-0.05, 0) is 42.3 Å². The summed E-state index contributed by atoms with van der Waals surface area (Å²) in [7, 11) is 1.52. The highest BCUT2D eigenvalue weighted by molar-refractivity contribution is 6.22. The number of benzene rings is 2. The van der Waals surface area contributed by atoms with Gasteiger partial charge in [0.1, 0.15) is 11.8 Å². The number of nitrogens with zero attached hydrogens (tertiary/aromatic N) is 4. The zero-order chi connectivity index (χ0) is 25.1. The quantitative estimate of drug-likeness (QED) is 0.622. The molecule has 3 aliphatic heterocycles. The number of likely N-dealkylation sites (tertiary alicyclic amines) is 1. The predicted molar refractivity (Wildman–Crippen MR) is 115 cm³/mol. The van der Waals surface area contributed by atoms with E-state index >= 15 is 0 Å². The lowest BCUT2D eigenvalue weighted by molar-refractivity contribution is -0.138. The number of halogens is 3. The highest BCUT2D eigenvalue weighted by Gasteiger charge is 2.62. The number of anilines is 1. The molecule has 0 spiro atoms. The highest BCUT2D eigenvalue weighted by atomic mass is 19.4. The van der Waals surface area contributed by atoms with Crippen molar-refractivity contribution < 1.29 is 32.3 Å². The monoisotopic (exact) mass is 484 g/mol. The summed E-state index contributed by atoms with van der Waals surface area (Å²) in [5.74, 6) is -0.279. The molecule has 5 rings (SSSR count). The number of nitriles is 1. The first-order valence-corrected chi connectivity index (χ1v) is 10.8. The minimum Gasteiger partial charge on any atom is -0.497 e. The lowest BCUT2D eigenvalue weighted by atomic mass is 10.0. The molecule has 35 heavy (non-hydrogen) atoms. The fraction of sp³-hybridized carbons (Fsp3) is 0.333. The first kappa shape index (κ1) is 22.7. The molecule has 0 unspecified atom stereocenters. The molecule has 0 saturated carbocycles. The SMILES string of the molecule is COc1cccc(CC(=O)N2C[C@@H]3C[C@H]2[C@H]2C(=O)N(c4ccc(C#N)c(C(F)(F)F)c4)C(=O)N32)c1. The number of hydrogen-bond donors (Lipinski definition) is 0. The molecule has 0 aromatic heterocycles. The lowest BCUT2D eigenvalue weighted by Crippen LogP contribution is -2.55. The minimum absolute atomic E-state index is 0.0869. The van der Waals surface area contributed by atoms with Crippen LogP contribution in [0.5, 0.6) is 5.75 Å². The van der Waals surface area contributed by atoms with E-state index in [9.17, 15) is 27.6 Å². The Kier molecular flexibility index (Phi) is 5.20. The molecule has 2 bridgehead atoms. The van der Waals surface area contributed by atoms with E-state index in [4.69, 9.17) is 10.00 Å². The van der Waals surface area contributed by atoms with Crippen LogP contribution in [0, 0.1) is 11.3 Å². The molecule has 3 fully saturated rings. The second kappa shape index (κ2) is 8.01. The number of rotatable bonds is 4. The maximum Gasteiger partial charge on any atom is 0.417 e. The van der Waals surface area contributed by atoms with Crippen molar-refractivity contribution in [1.29, 1.82) is 5.26 Å². The molecule has 2 aromatic rings. The van der Waals surface area contributed by atoms with Crippen molar-refractivity contribution in [3.8, 4) is 11.8 Å². The van der Waals surface area contributed by atoms with Gasteiger partial charge in [-0.3, -0.25) is 9.59 Å². The van der Waals surface area contributed by atoms with Crippen molar-refractivity contribution in [2.24, 2.45) is 0 Å². The number of amides is 4. The van der Waals surface area contributed by atoms with Gasteiger partial charge in [-0.25, -0.2) is 9.69 Å². The topological polar surface area (TPSA) is 94.0 Å². The zero-order valence-corrected chi connectivity index (χ0v) is 18.5. The summed E-state index contributed by atoms with van der Waals surface area (Å²) in [6.07, 6.45) is -4.31. The van der Waals surface area contributed by atoms with E-state index in [1.807, 2.05) is 0 Å². The smallest absolute Gasteiger partial charge is 0.417 e. The summed E-state index contributed by atoms with van der Waals surface area (Å²) in [6, 6.07) is 8.65. The summed E-state index contributed by atoms with van der Waals surface area (Å²) in [6.45, 7) is 0.248. The predicted octanol–water partition coefficient (Wildman–Crippen LogP) is 2.95. The van der Waals surface area contributed by atoms with E-state index in [0.717, 1.165) is 22.6 Å². The summed E-state index contributed by atoms with van der Waals surface area (Å²) >= 11 is 0. The Bertz CT molecular complexity index is 1290. The Morgan fingerprint density at radius 2 is 1.97 bits per heavy atom. The summed E-state index contributed by atoms with van der Waals surface area (Å²) in [4.78, 5) is 43.1. The van der Waals surface area contributed by atoms with Crippen LogP contribution < -0.4 is 9.64 Å². The number of piperazine rings is 1. The summed E-state index contributed by atoms with van der Waals surface area (Å²) in [5.41, 5.74) is -1.34. The molecule has 3 saturated heterocycles. The average molecular weight is 484 g/mol. The van der Waals surface area contributed by atoms with Crippen LogP contribution in [-0.2, 0) is 22.2 Å². The van der Waals surface area contributed by atoms with Crippen LogP contribution in [0.15, 0.2) is 42.5 Å². The van der Waals surface area contributed by atoms with E-state index in [2.05, 4.69) is 0 Å². The molecule has 4 amide bonds. The molecule has 11 heteroatoms. The molecule has 2 aromatic carbocycles. The molecular weight excluding hydrogens is 465 g/mol. The van der Waals surface area contributed by atoms with Crippen molar-refractivity contribution in [2.45, 2.75) is 37.1 Å². The van der Waals surface area contributed by atoms with Crippen LogP contribution in [-0.4, -0.2) is 59.4 Å². The van der Waals surface area contributed by atoms with Gasteiger partial charge in [-0.2, -0.15) is 18.4 Å². The maximum absolute atomic E-state index is 13.4. The third kappa shape index (κ3) is 3.56. The van der Waals surface area contributed by atoms with E-state index in [1.165, 1.54) is 18.1 Å². The van der Waals surface area contributed by atoms with Crippen molar-refractivity contribution in [3.05, 3.63) is 59.2 Å². The molecule has 0 N–H and O–H groups in total. The fourth-order valence-corrected chi connectivity index (χ4v) is 5.24. The summed E-state index contributed by atoms with van der Waals surface area (Å²) < 4.78 is 45.5. The zero-order valence-electron chi connectivity index (χ0n) is 18.5. The largest absolute Gasteiger partial charge is 0.497 e. The number of carbonyl (C=O) groups excluding carboxylic acids is 3. The third-order valence-electron chi connectivity index (χ3n) is 6.76. The number of ether oxygens (including phenoxy) is 1. The van der Waals surface area contributed by atoms with Crippen LogP contribution in [0.1, 0.15) is 23.1 Å². The second-order valence-corrected chi connectivity index (χ2v) is 8.68. The lowest BCUT2D eigenvalue weighted by Gasteiger charge is -2.35. The van der Waals surface area contributed by atoms with E-state index in [0.29, 0.717) is 18.2 Å². The number of fused-ring (bicyclic) bond motifs is 5. The Morgan fingerprint density at radius 1 is 1.20 bits per heavy atom. The number of methoxy groups -OCH3 is 1. The van der Waals surface area contributed by atoms with E-state index in [-0.39, 0.29) is 24.6 Å².